The average Bonchev–Trinajstić information content (AvgIpc) is 3.18. The molecule has 174 valence electrons. The number of rotatable bonds is 8. The molecule has 0 fully saturated rings. The Morgan fingerprint density at radius 1 is 0.853 bits per heavy atom. The van der Waals surface area contributed by atoms with Crippen LogP contribution in [0.25, 0.3) is 11.1 Å². The van der Waals surface area contributed by atoms with Gasteiger partial charge in [0, 0.05) is 5.92 Å². The van der Waals surface area contributed by atoms with E-state index in [1.54, 1.807) is 37.3 Å². The highest BCUT2D eigenvalue weighted by Crippen LogP contribution is 2.44. The molecule has 0 aromatic heterocycles. The van der Waals surface area contributed by atoms with Crippen molar-refractivity contribution in [2.24, 2.45) is 0 Å². The van der Waals surface area contributed by atoms with Crippen LogP contribution >= 0.6 is 0 Å². The Hall–Kier alpha value is -4.13. The normalized spacial score (nSPS) is 13.8. The molecular weight excluding hydrogens is 432 g/mol. The highest BCUT2D eigenvalue weighted by Gasteiger charge is 2.30. The maximum atomic E-state index is 12.7. The van der Waals surface area contributed by atoms with Gasteiger partial charge in [-0.05, 0) is 34.2 Å². The summed E-state index contributed by atoms with van der Waals surface area (Å²) in [5.41, 5.74) is 4.87. The number of carboxylic acids is 1. The number of carbonyl (C=O) groups is 3. The second-order valence-electron chi connectivity index (χ2n) is 8.12. The fraction of sp³-hybridized carbons (Fsp3) is 0.222. The molecule has 2 atom stereocenters. The van der Waals surface area contributed by atoms with Crippen molar-refractivity contribution in [1.82, 2.24) is 10.6 Å². The largest absolute Gasteiger partial charge is 0.479 e. The van der Waals surface area contributed by atoms with Crippen LogP contribution < -0.4 is 10.6 Å². The number of nitrogens with one attached hydrogen (secondary N) is 2. The lowest BCUT2D eigenvalue weighted by atomic mass is 9.98. The molecule has 7 nitrogen and oxygen atoms in total. The zero-order valence-electron chi connectivity index (χ0n) is 18.7. The third-order valence-corrected chi connectivity index (χ3v) is 6.03. The smallest absolute Gasteiger partial charge is 0.407 e. The van der Waals surface area contributed by atoms with E-state index >= 15 is 0 Å². The molecule has 1 unspecified atom stereocenters. The van der Waals surface area contributed by atoms with E-state index in [1.807, 2.05) is 36.4 Å². The van der Waals surface area contributed by atoms with Crippen LogP contribution in [0.15, 0.2) is 78.9 Å². The van der Waals surface area contributed by atoms with Crippen molar-refractivity contribution >= 4 is 18.0 Å². The van der Waals surface area contributed by atoms with Crippen LogP contribution in [0.1, 0.15) is 42.0 Å². The summed E-state index contributed by atoms with van der Waals surface area (Å²) in [7, 11) is 0. The van der Waals surface area contributed by atoms with Gasteiger partial charge >= 0.3 is 12.1 Å². The predicted octanol–water partition coefficient (Wildman–Crippen LogP) is 4.25. The third kappa shape index (κ3) is 4.78. The van der Waals surface area contributed by atoms with Crippen molar-refractivity contribution in [1.29, 1.82) is 0 Å². The number of hydrogen-bond donors (Lipinski definition) is 3. The molecule has 0 saturated heterocycles. The molecule has 34 heavy (non-hydrogen) atoms. The topological polar surface area (TPSA) is 105 Å². The Morgan fingerprint density at radius 3 is 1.97 bits per heavy atom. The number of fused-ring (bicyclic) bond motifs is 3. The lowest BCUT2D eigenvalue weighted by Crippen LogP contribution is -2.48. The molecule has 0 heterocycles. The quantitative estimate of drug-likeness (QED) is 0.468. The Morgan fingerprint density at radius 2 is 1.41 bits per heavy atom. The van der Waals surface area contributed by atoms with E-state index in [0.717, 1.165) is 22.3 Å². The number of alkyl carbamates (subject to hydrolysis) is 1. The molecule has 7 heteroatoms. The lowest BCUT2D eigenvalue weighted by molar-refractivity contribution is -0.142. The van der Waals surface area contributed by atoms with Gasteiger partial charge in [0.15, 0.2) is 6.04 Å². The zero-order chi connectivity index (χ0) is 24.1. The van der Waals surface area contributed by atoms with Crippen LogP contribution in [0.3, 0.4) is 0 Å². The summed E-state index contributed by atoms with van der Waals surface area (Å²) in [6, 6.07) is 22.3. The zero-order valence-corrected chi connectivity index (χ0v) is 18.7. The van der Waals surface area contributed by atoms with Crippen LogP contribution in [-0.2, 0) is 14.3 Å². The van der Waals surface area contributed by atoms with Gasteiger partial charge in [0.2, 0.25) is 5.91 Å². The molecular formula is C27H26N2O5. The molecule has 0 spiro atoms. The summed E-state index contributed by atoms with van der Waals surface area (Å²) in [6.45, 7) is 1.85. The van der Waals surface area contributed by atoms with Crippen molar-refractivity contribution < 1.29 is 24.2 Å². The molecule has 3 N–H and O–H groups in total. The summed E-state index contributed by atoms with van der Waals surface area (Å²) in [5.74, 6) is -1.87. The summed E-state index contributed by atoms with van der Waals surface area (Å²) >= 11 is 0. The highest BCUT2D eigenvalue weighted by molar-refractivity contribution is 5.89. The van der Waals surface area contributed by atoms with E-state index in [0.29, 0.717) is 5.56 Å². The summed E-state index contributed by atoms with van der Waals surface area (Å²) in [5, 5.41) is 14.6. The maximum absolute atomic E-state index is 12.7. The molecule has 3 aromatic carbocycles. The SMILES string of the molecule is CCC(NC(=O)OCC1c2ccccc2-c2ccccc21)C(=O)N[C@@H](C(=O)O)c1ccccc1. The molecule has 1 aliphatic carbocycles. The number of carbonyl (C=O) groups excluding carboxylic acids is 2. The van der Waals surface area contributed by atoms with Gasteiger partial charge in [-0.25, -0.2) is 9.59 Å². The number of ether oxygens (including phenoxy) is 1. The Balaban J connectivity index is 1.39. The first kappa shape index (κ1) is 23.0. The Kier molecular flexibility index (Phi) is 6.92. The second-order valence-corrected chi connectivity index (χ2v) is 8.12. The van der Waals surface area contributed by atoms with E-state index in [9.17, 15) is 19.5 Å². The summed E-state index contributed by atoms with van der Waals surface area (Å²) in [6.07, 6.45) is -0.451. The number of hydrogen-bond acceptors (Lipinski definition) is 4. The minimum atomic E-state index is -1.22. The number of benzene rings is 3. The van der Waals surface area contributed by atoms with Crippen LogP contribution in [0, 0.1) is 0 Å². The Labute approximate surface area is 197 Å². The number of carboxylic acid groups (broad SMARTS) is 1. The van der Waals surface area contributed by atoms with Gasteiger partial charge in [-0.1, -0.05) is 85.8 Å². The molecule has 0 bridgehead atoms. The van der Waals surface area contributed by atoms with Gasteiger partial charge in [0.05, 0.1) is 0 Å². The van der Waals surface area contributed by atoms with Crippen molar-refractivity contribution in [2.45, 2.75) is 31.3 Å². The molecule has 2 amide bonds. The molecule has 1 aliphatic rings. The van der Waals surface area contributed by atoms with Crippen LogP contribution in [-0.4, -0.2) is 35.7 Å². The van der Waals surface area contributed by atoms with Crippen LogP contribution in [0.2, 0.25) is 0 Å². The lowest BCUT2D eigenvalue weighted by Gasteiger charge is -2.21. The van der Waals surface area contributed by atoms with Gasteiger partial charge in [0.1, 0.15) is 12.6 Å². The van der Waals surface area contributed by atoms with Crippen LogP contribution in [0.4, 0.5) is 4.79 Å². The van der Waals surface area contributed by atoms with Gasteiger partial charge in [-0.15, -0.1) is 0 Å². The minimum absolute atomic E-state index is 0.0958. The standard InChI is InChI=1S/C27H26N2O5/c1-2-23(25(30)29-24(26(31)32)17-10-4-3-5-11-17)28-27(33)34-16-22-20-14-8-6-12-18(20)19-13-7-9-15-21(19)22/h3-15,22-24H,2,16H2,1H3,(H,28,33)(H,29,30)(H,31,32)/t23?,24-/m1/s1. The molecule has 0 aliphatic heterocycles. The fourth-order valence-corrected chi connectivity index (χ4v) is 4.31. The van der Waals surface area contributed by atoms with E-state index in [4.69, 9.17) is 4.74 Å². The first-order valence-electron chi connectivity index (χ1n) is 11.2. The monoisotopic (exact) mass is 458 g/mol. The fourth-order valence-electron chi connectivity index (χ4n) is 4.31. The van der Waals surface area contributed by atoms with Gasteiger partial charge < -0.3 is 20.5 Å². The Bertz CT molecular complexity index is 1150. The van der Waals surface area contributed by atoms with Gasteiger partial charge in [0.25, 0.3) is 0 Å². The van der Waals surface area contributed by atoms with E-state index in [2.05, 4.69) is 22.8 Å². The number of aliphatic carboxylic acids is 1. The molecule has 0 radical (unpaired) electrons. The van der Waals surface area contributed by atoms with Crippen LogP contribution in [0.5, 0.6) is 0 Å². The van der Waals surface area contributed by atoms with Crippen molar-refractivity contribution in [3.63, 3.8) is 0 Å². The first-order chi connectivity index (χ1) is 16.5. The third-order valence-electron chi connectivity index (χ3n) is 6.03. The highest BCUT2D eigenvalue weighted by atomic mass is 16.5. The van der Waals surface area contributed by atoms with Crippen molar-refractivity contribution in [3.05, 3.63) is 95.6 Å². The summed E-state index contributed by atoms with van der Waals surface area (Å²) in [4.78, 5) is 37.0. The minimum Gasteiger partial charge on any atom is -0.479 e. The summed E-state index contributed by atoms with van der Waals surface area (Å²) < 4.78 is 5.51. The maximum Gasteiger partial charge on any atom is 0.407 e. The van der Waals surface area contributed by atoms with E-state index in [1.165, 1.54) is 0 Å². The average molecular weight is 459 g/mol. The molecule has 0 saturated carbocycles. The molecule has 3 aromatic rings. The van der Waals surface area contributed by atoms with Crippen molar-refractivity contribution in [2.75, 3.05) is 6.61 Å². The first-order valence-corrected chi connectivity index (χ1v) is 11.2. The second kappa shape index (κ2) is 10.2. The van der Waals surface area contributed by atoms with Gasteiger partial charge in [-0.2, -0.15) is 0 Å². The van der Waals surface area contributed by atoms with Gasteiger partial charge in [-0.3, -0.25) is 4.79 Å². The van der Waals surface area contributed by atoms with Crippen molar-refractivity contribution in [3.8, 4) is 11.1 Å². The predicted molar refractivity (Wildman–Crippen MR) is 127 cm³/mol. The number of amides is 2. The van der Waals surface area contributed by atoms with E-state index < -0.39 is 30.1 Å². The van der Waals surface area contributed by atoms with E-state index in [-0.39, 0.29) is 18.9 Å². The molecule has 4 rings (SSSR count).